The van der Waals surface area contributed by atoms with Crippen molar-refractivity contribution >= 4 is 76.5 Å². The third-order valence-corrected chi connectivity index (χ3v) is 15.5. The summed E-state index contributed by atoms with van der Waals surface area (Å²) in [6.07, 6.45) is 5.69. The Labute approximate surface area is 474 Å². The maximum atomic E-state index is 6.77. The first-order valence-electron chi connectivity index (χ1n) is 26.5. The van der Waals surface area contributed by atoms with Gasteiger partial charge in [0.05, 0.1) is 56.4 Å². The van der Waals surface area contributed by atoms with Gasteiger partial charge in [0.2, 0.25) is 0 Å². The van der Waals surface area contributed by atoms with Crippen LogP contribution in [0.25, 0.3) is 127 Å². The molecule has 0 radical (unpaired) electrons. The van der Waals surface area contributed by atoms with Crippen LogP contribution in [0.15, 0.2) is 267 Å². The van der Waals surface area contributed by atoms with E-state index in [0.29, 0.717) is 11.5 Å². The van der Waals surface area contributed by atoms with E-state index in [1.165, 1.54) is 21.5 Å². The molecule has 380 valence electrons. The minimum absolute atomic E-state index is 0. The largest absolute Gasteiger partial charge is 0.510 e. The fourth-order valence-electron chi connectivity index (χ4n) is 12.0. The molecule has 8 heteroatoms. The van der Waals surface area contributed by atoms with Crippen LogP contribution in [0.4, 0.5) is 0 Å². The van der Waals surface area contributed by atoms with Crippen molar-refractivity contribution in [2.75, 3.05) is 0 Å². The molecule has 11 aromatic carbocycles. The van der Waals surface area contributed by atoms with Crippen molar-refractivity contribution in [3.8, 4) is 62.3 Å². The Balaban J connectivity index is 0.00000552. The number of hydrogen-bond acceptors (Lipinski definition) is 2. The molecule has 7 nitrogen and oxygen atoms in total. The summed E-state index contributed by atoms with van der Waals surface area (Å²) >= 11 is 0. The van der Waals surface area contributed by atoms with Crippen LogP contribution in [0.2, 0.25) is 0 Å². The van der Waals surface area contributed by atoms with Crippen molar-refractivity contribution in [2.45, 2.75) is 0 Å². The molecule has 5 aromatic heterocycles. The Bertz CT molecular complexity index is 5000. The van der Waals surface area contributed by atoms with Gasteiger partial charge in [-0.15, -0.1) is 29.7 Å². The van der Waals surface area contributed by atoms with Crippen molar-refractivity contribution in [3.63, 3.8) is 0 Å². The molecule has 0 aliphatic rings. The van der Waals surface area contributed by atoms with Crippen molar-refractivity contribution in [1.82, 2.24) is 23.3 Å². The first kappa shape index (κ1) is 47.2. The summed E-state index contributed by atoms with van der Waals surface area (Å²) in [5.74, 6) is 1.87. The molecule has 0 N–H and O–H groups in total. The monoisotopic (exact) mass is 1200 g/mol. The fraction of sp³-hybridized carbons (Fsp3) is 0. The average Bonchev–Trinajstić information content (AvgIpc) is 4.47. The number of para-hydroxylation sites is 7. The smallest absolute Gasteiger partial charge is 0.268 e. The summed E-state index contributed by atoms with van der Waals surface area (Å²) in [5.41, 5.74) is 16.8. The number of rotatable bonds is 9. The molecule has 0 unspecified atom stereocenters. The zero-order valence-electron chi connectivity index (χ0n) is 42.8. The number of hydrogen-bond donors (Lipinski definition) is 0. The van der Waals surface area contributed by atoms with Crippen molar-refractivity contribution in [1.29, 1.82) is 0 Å². The molecule has 0 aliphatic carbocycles. The van der Waals surface area contributed by atoms with Crippen LogP contribution in [0.1, 0.15) is 0 Å². The molecule has 0 bridgehead atoms. The Hall–Kier alpha value is -10.1. The van der Waals surface area contributed by atoms with E-state index in [2.05, 4.69) is 272 Å². The van der Waals surface area contributed by atoms with Gasteiger partial charge in [-0.05, 0) is 81.9 Å². The van der Waals surface area contributed by atoms with Gasteiger partial charge in [0.15, 0.2) is 0 Å². The number of benzene rings is 11. The zero-order chi connectivity index (χ0) is 52.0. The predicted octanol–water partition coefficient (Wildman–Crippen LogP) is 17.1. The van der Waals surface area contributed by atoms with Gasteiger partial charge in [0.1, 0.15) is 5.82 Å². The molecule has 0 spiro atoms. The Morgan fingerprint density at radius 2 is 1.01 bits per heavy atom. The van der Waals surface area contributed by atoms with Gasteiger partial charge in [-0.3, -0.25) is 4.57 Å². The van der Waals surface area contributed by atoms with Crippen LogP contribution in [-0.2, 0) is 21.1 Å². The summed E-state index contributed by atoms with van der Waals surface area (Å²) in [6, 6.07) is 99.0. The first-order valence-corrected chi connectivity index (χ1v) is 26.5. The van der Waals surface area contributed by atoms with E-state index in [1.807, 2.05) is 36.5 Å². The van der Waals surface area contributed by atoms with Crippen LogP contribution < -0.4 is 9.30 Å². The van der Waals surface area contributed by atoms with E-state index in [4.69, 9.17) is 9.72 Å². The second-order valence-electron chi connectivity index (χ2n) is 19.9. The minimum Gasteiger partial charge on any atom is -0.510 e. The summed E-state index contributed by atoms with van der Waals surface area (Å²) in [4.78, 5) is 5.35. The summed E-state index contributed by atoms with van der Waals surface area (Å²) in [5, 5.41) is 6.93. The van der Waals surface area contributed by atoms with E-state index < -0.39 is 0 Å². The number of fused-ring (bicyclic) bond motifs is 10. The predicted molar refractivity (Wildman–Crippen MR) is 320 cm³/mol. The van der Waals surface area contributed by atoms with E-state index in [9.17, 15) is 0 Å². The average molecular weight is 1200 g/mol. The molecule has 0 saturated heterocycles. The zero-order valence-corrected chi connectivity index (χ0v) is 45.1. The van der Waals surface area contributed by atoms with Gasteiger partial charge in [-0.2, -0.15) is 18.2 Å². The van der Waals surface area contributed by atoms with Crippen molar-refractivity contribution in [2.24, 2.45) is 0 Å². The first-order chi connectivity index (χ1) is 39.2. The van der Waals surface area contributed by atoms with Crippen LogP contribution in [0, 0.1) is 18.5 Å². The SMILES string of the molecule is [Pt].[c-]1c(Oc2[c-]c3c(cc2)c2cc(-c4ccccc4)ccc2n3-c2ccc(-n3c4ccccc4c4cccc(-n5c6ccccc6c6ccccc65)c43)cn2)cccc1-n1[c-][n+](-c2ccccc2-c2ccccc2)c2ccccc21. The van der Waals surface area contributed by atoms with E-state index in [-0.39, 0.29) is 21.1 Å². The summed E-state index contributed by atoms with van der Waals surface area (Å²) < 4.78 is 18.0. The molecule has 16 aromatic rings. The molecule has 0 aliphatic heterocycles. The van der Waals surface area contributed by atoms with Gasteiger partial charge in [0.25, 0.3) is 6.33 Å². The molecule has 5 heterocycles. The molecule has 0 saturated carbocycles. The van der Waals surface area contributed by atoms with Crippen LogP contribution in [-0.4, -0.2) is 23.3 Å². The Kier molecular flexibility index (Phi) is 11.3. The molecule has 16 rings (SSSR count). The maximum Gasteiger partial charge on any atom is 0.268 e. The molecule has 0 amide bonds. The second-order valence-corrected chi connectivity index (χ2v) is 19.9. The summed E-state index contributed by atoms with van der Waals surface area (Å²) in [7, 11) is 0. The van der Waals surface area contributed by atoms with Gasteiger partial charge in [0, 0.05) is 59.6 Å². The number of nitrogens with zero attached hydrogens (tertiary/aromatic N) is 6. The van der Waals surface area contributed by atoms with Gasteiger partial charge < -0.3 is 23.0 Å². The number of imidazole rings is 1. The maximum absolute atomic E-state index is 6.77. The second kappa shape index (κ2) is 19.1. The van der Waals surface area contributed by atoms with Crippen LogP contribution in [0.3, 0.4) is 0 Å². The Morgan fingerprint density at radius 3 is 1.76 bits per heavy atom. The number of pyridine rings is 1. The van der Waals surface area contributed by atoms with Crippen molar-refractivity contribution < 1.29 is 30.4 Å². The molecular formula is C72H44N6OPt-2. The molecule has 0 fully saturated rings. The standard InChI is InChI=1S/C72H44N6O.Pt/c1-3-19-48(20-4-1)50-37-41-66-61(43-50)59-40-39-54(79-53-24-17-23-51(44-53)74-47-75(68-35-16-15-34-67(68)74)62-30-11-7-25-55(62)49-21-5-2-6-22-49)45-70(59)78(66)71-42-38-52(46-73-71)76-63-31-12-10-28-58(63)60-29-18-36-69(72(60)76)77-64-32-13-8-26-56(64)57-27-9-14-33-65(57)77;/h1-43,46H;/q-2;. The fourth-order valence-corrected chi connectivity index (χ4v) is 12.0. The molecule has 80 heavy (non-hydrogen) atoms. The third-order valence-electron chi connectivity index (χ3n) is 15.5. The van der Waals surface area contributed by atoms with Crippen LogP contribution >= 0.6 is 0 Å². The third kappa shape index (κ3) is 7.54. The van der Waals surface area contributed by atoms with Gasteiger partial charge in [-0.1, -0.05) is 188 Å². The van der Waals surface area contributed by atoms with E-state index >= 15 is 0 Å². The number of aromatic nitrogens is 6. The van der Waals surface area contributed by atoms with E-state index in [1.54, 1.807) is 0 Å². The summed E-state index contributed by atoms with van der Waals surface area (Å²) in [6.45, 7) is 0. The molecular weight excluding hydrogens is 1160 g/mol. The van der Waals surface area contributed by atoms with Gasteiger partial charge in [-0.25, -0.2) is 4.98 Å². The van der Waals surface area contributed by atoms with Gasteiger partial charge >= 0.3 is 0 Å². The van der Waals surface area contributed by atoms with E-state index in [0.717, 1.165) is 106 Å². The number of ether oxygens (including phenoxy) is 1. The topological polar surface area (TPSA) is 45.7 Å². The van der Waals surface area contributed by atoms with Crippen molar-refractivity contribution in [3.05, 3.63) is 286 Å². The molecule has 0 atom stereocenters. The Morgan fingerprint density at radius 1 is 0.400 bits per heavy atom. The normalized spacial score (nSPS) is 11.7. The quantitative estimate of drug-likeness (QED) is 0.107. The minimum atomic E-state index is 0. The van der Waals surface area contributed by atoms with Crippen LogP contribution in [0.5, 0.6) is 11.5 Å².